The normalized spacial score (nSPS) is 22.7. The molecule has 3 nitrogen and oxygen atoms in total. The van der Waals surface area contributed by atoms with Gasteiger partial charge < -0.3 is 10.1 Å². The van der Waals surface area contributed by atoms with Gasteiger partial charge in [0.05, 0.1) is 13.2 Å². The van der Waals surface area contributed by atoms with Gasteiger partial charge in [0.15, 0.2) is 0 Å². The molecular formula is C12H23F3N2O. The molecule has 18 heavy (non-hydrogen) atoms. The number of hydrogen-bond acceptors (Lipinski definition) is 3. The molecule has 0 saturated carbocycles. The quantitative estimate of drug-likeness (QED) is 0.763. The molecule has 0 aromatic carbocycles. The zero-order valence-corrected chi connectivity index (χ0v) is 11.1. The average Bonchev–Trinajstić information content (AvgIpc) is 2.77. The van der Waals surface area contributed by atoms with Gasteiger partial charge in [-0.2, -0.15) is 13.2 Å². The minimum Gasteiger partial charge on any atom is -0.381 e. The van der Waals surface area contributed by atoms with Crippen molar-refractivity contribution in [2.24, 2.45) is 5.92 Å². The van der Waals surface area contributed by atoms with Crippen LogP contribution in [0.3, 0.4) is 0 Å². The van der Waals surface area contributed by atoms with Crippen molar-refractivity contribution in [3.05, 3.63) is 0 Å². The second-order valence-electron chi connectivity index (χ2n) is 4.87. The molecule has 2 unspecified atom stereocenters. The zero-order chi connectivity index (χ0) is 13.6. The highest BCUT2D eigenvalue weighted by Gasteiger charge is 2.33. The van der Waals surface area contributed by atoms with Gasteiger partial charge in [0, 0.05) is 25.1 Å². The molecule has 0 bridgehead atoms. The zero-order valence-electron chi connectivity index (χ0n) is 11.1. The van der Waals surface area contributed by atoms with Crippen LogP contribution in [0.25, 0.3) is 0 Å². The molecule has 1 aliphatic heterocycles. The lowest BCUT2D eigenvalue weighted by Gasteiger charge is -2.30. The Morgan fingerprint density at radius 3 is 2.61 bits per heavy atom. The van der Waals surface area contributed by atoms with Crippen LogP contribution in [0.4, 0.5) is 13.2 Å². The van der Waals surface area contributed by atoms with Crippen LogP contribution >= 0.6 is 0 Å². The van der Waals surface area contributed by atoms with E-state index in [4.69, 9.17) is 4.74 Å². The Bertz CT molecular complexity index is 230. The van der Waals surface area contributed by atoms with E-state index in [9.17, 15) is 13.2 Å². The van der Waals surface area contributed by atoms with Crippen LogP contribution in [0.5, 0.6) is 0 Å². The molecule has 1 rings (SSSR count). The van der Waals surface area contributed by atoms with E-state index in [1.807, 2.05) is 6.92 Å². The molecule has 108 valence electrons. The second kappa shape index (κ2) is 7.31. The first-order valence-corrected chi connectivity index (χ1v) is 6.50. The largest absolute Gasteiger partial charge is 0.401 e. The van der Waals surface area contributed by atoms with Crippen LogP contribution < -0.4 is 5.32 Å². The fourth-order valence-corrected chi connectivity index (χ4v) is 2.43. The number of hydrogen-bond donors (Lipinski definition) is 1. The Kier molecular flexibility index (Phi) is 6.38. The molecule has 1 heterocycles. The Morgan fingerprint density at radius 1 is 1.44 bits per heavy atom. The molecule has 6 heteroatoms. The van der Waals surface area contributed by atoms with Gasteiger partial charge in [-0.3, -0.25) is 4.90 Å². The van der Waals surface area contributed by atoms with E-state index in [0.29, 0.717) is 25.6 Å². The molecule has 0 spiro atoms. The standard InChI is InChI=1S/C12H23F3N2O/c1-3-5-17(9-12(13,14)15)7-11(16-2)10-4-6-18-8-10/h10-11,16H,3-9H2,1-2H3. The Hall–Kier alpha value is -0.330. The number of rotatable bonds is 7. The summed E-state index contributed by atoms with van der Waals surface area (Å²) in [7, 11) is 1.81. The van der Waals surface area contributed by atoms with Gasteiger partial charge in [-0.15, -0.1) is 0 Å². The van der Waals surface area contributed by atoms with Crippen molar-refractivity contribution >= 4 is 0 Å². The molecule has 0 aliphatic carbocycles. The summed E-state index contributed by atoms with van der Waals surface area (Å²) in [6.07, 6.45) is -2.47. The van der Waals surface area contributed by atoms with E-state index < -0.39 is 12.7 Å². The summed E-state index contributed by atoms with van der Waals surface area (Å²) in [5.41, 5.74) is 0. The predicted molar refractivity (Wildman–Crippen MR) is 64.6 cm³/mol. The fourth-order valence-electron chi connectivity index (χ4n) is 2.43. The highest BCUT2D eigenvalue weighted by molar-refractivity contribution is 4.82. The van der Waals surface area contributed by atoms with Crippen molar-refractivity contribution in [2.45, 2.75) is 32.0 Å². The average molecular weight is 268 g/mol. The van der Waals surface area contributed by atoms with Gasteiger partial charge in [-0.05, 0) is 26.4 Å². The smallest absolute Gasteiger partial charge is 0.381 e. The molecule has 1 aliphatic rings. The number of likely N-dealkylation sites (N-methyl/N-ethyl adjacent to an activating group) is 1. The number of alkyl halides is 3. The second-order valence-corrected chi connectivity index (χ2v) is 4.87. The summed E-state index contributed by atoms with van der Waals surface area (Å²) >= 11 is 0. The first-order chi connectivity index (χ1) is 8.46. The molecule has 0 radical (unpaired) electrons. The fraction of sp³-hybridized carbons (Fsp3) is 1.00. The number of nitrogens with zero attached hydrogens (tertiary/aromatic N) is 1. The third-order valence-electron chi connectivity index (χ3n) is 3.30. The minimum atomic E-state index is -4.13. The molecule has 0 aromatic heterocycles. The molecule has 0 amide bonds. The molecule has 1 N–H and O–H groups in total. The van der Waals surface area contributed by atoms with Crippen LogP contribution in [0.2, 0.25) is 0 Å². The number of halogens is 3. The van der Waals surface area contributed by atoms with E-state index in [1.165, 1.54) is 4.90 Å². The van der Waals surface area contributed by atoms with Gasteiger partial charge >= 0.3 is 6.18 Å². The van der Waals surface area contributed by atoms with Crippen LogP contribution in [0.1, 0.15) is 19.8 Å². The highest BCUT2D eigenvalue weighted by Crippen LogP contribution is 2.20. The molecule has 1 fully saturated rings. The number of ether oxygens (including phenoxy) is 1. The SMILES string of the molecule is CCCN(CC(NC)C1CCOC1)CC(F)(F)F. The molecule has 0 aromatic rings. The van der Waals surface area contributed by atoms with E-state index >= 15 is 0 Å². The van der Waals surface area contributed by atoms with E-state index in [0.717, 1.165) is 19.4 Å². The van der Waals surface area contributed by atoms with E-state index in [-0.39, 0.29) is 6.04 Å². The van der Waals surface area contributed by atoms with Gasteiger partial charge in [-0.1, -0.05) is 6.92 Å². The van der Waals surface area contributed by atoms with Crippen molar-refractivity contribution in [3.8, 4) is 0 Å². The van der Waals surface area contributed by atoms with Crippen molar-refractivity contribution in [3.63, 3.8) is 0 Å². The Labute approximate surface area is 107 Å². The third-order valence-corrected chi connectivity index (χ3v) is 3.30. The summed E-state index contributed by atoms with van der Waals surface area (Å²) in [5, 5.41) is 3.13. The van der Waals surface area contributed by atoms with Gasteiger partial charge in [0.25, 0.3) is 0 Å². The van der Waals surface area contributed by atoms with Crippen LogP contribution in [0.15, 0.2) is 0 Å². The van der Waals surface area contributed by atoms with Crippen LogP contribution in [-0.2, 0) is 4.74 Å². The maximum absolute atomic E-state index is 12.5. The van der Waals surface area contributed by atoms with Crippen molar-refractivity contribution in [1.82, 2.24) is 10.2 Å². The maximum atomic E-state index is 12.5. The molecule has 1 saturated heterocycles. The van der Waals surface area contributed by atoms with Crippen molar-refractivity contribution < 1.29 is 17.9 Å². The van der Waals surface area contributed by atoms with Crippen LogP contribution in [-0.4, -0.2) is 57.0 Å². The highest BCUT2D eigenvalue weighted by atomic mass is 19.4. The topological polar surface area (TPSA) is 24.5 Å². The first kappa shape index (κ1) is 15.7. The lowest BCUT2D eigenvalue weighted by molar-refractivity contribution is -0.147. The number of nitrogens with one attached hydrogen (secondary N) is 1. The molecular weight excluding hydrogens is 245 g/mol. The lowest BCUT2D eigenvalue weighted by atomic mass is 9.98. The monoisotopic (exact) mass is 268 g/mol. The van der Waals surface area contributed by atoms with Crippen molar-refractivity contribution in [2.75, 3.05) is 39.9 Å². The molecule has 2 atom stereocenters. The predicted octanol–water partition coefficient (Wildman–Crippen LogP) is 1.89. The summed E-state index contributed by atoms with van der Waals surface area (Å²) in [6.45, 7) is 3.35. The van der Waals surface area contributed by atoms with Gasteiger partial charge in [0.1, 0.15) is 0 Å². The van der Waals surface area contributed by atoms with Gasteiger partial charge in [-0.25, -0.2) is 0 Å². The maximum Gasteiger partial charge on any atom is 0.401 e. The van der Waals surface area contributed by atoms with Crippen LogP contribution in [0, 0.1) is 5.92 Å². The Balaban J connectivity index is 2.50. The van der Waals surface area contributed by atoms with E-state index in [1.54, 1.807) is 7.05 Å². The minimum absolute atomic E-state index is 0.0707. The Morgan fingerprint density at radius 2 is 2.17 bits per heavy atom. The summed E-state index contributed by atoms with van der Waals surface area (Å²) in [5.74, 6) is 0.322. The van der Waals surface area contributed by atoms with Gasteiger partial charge in [0.2, 0.25) is 0 Å². The third kappa shape index (κ3) is 5.54. The lowest BCUT2D eigenvalue weighted by Crippen LogP contribution is -2.47. The summed E-state index contributed by atoms with van der Waals surface area (Å²) in [6, 6.07) is 0.0707. The summed E-state index contributed by atoms with van der Waals surface area (Å²) < 4.78 is 42.7. The van der Waals surface area contributed by atoms with E-state index in [2.05, 4.69) is 5.32 Å². The summed E-state index contributed by atoms with van der Waals surface area (Å²) in [4.78, 5) is 1.49. The first-order valence-electron chi connectivity index (χ1n) is 6.50. The van der Waals surface area contributed by atoms with Crippen molar-refractivity contribution in [1.29, 1.82) is 0 Å².